The van der Waals surface area contributed by atoms with Crippen molar-refractivity contribution in [3.05, 3.63) is 66.1 Å². The molecular formula is C19H18N2O3. The molecule has 0 N–H and O–H groups in total. The van der Waals surface area contributed by atoms with Gasteiger partial charge in [-0.2, -0.15) is 0 Å². The molecule has 2 aromatic carbocycles. The van der Waals surface area contributed by atoms with E-state index < -0.39 is 0 Å². The first-order valence-electron chi connectivity index (χ1n) is 7.86. The van der Waals surface area contributed by atoms with Crippen molar-refractivity contribution < 1.29 is 13.9 Å². The lowest BCUT2D eigenvalue weighted by Crippen LogP contribution is -2.04. The summed E-state index contributed by atoms with van der Waals surface area (Å²) in [6.07, 6.45) is 0.101. The third-order valence-corrected chi connectivity index (χ3v) is 3.62. The van der Waals surface area contributed by atoms with Gasteiger partial charge in [-0.15, -0.1) is 10.2 Å². The molecule has 0 saturated carbocycles. The number of carbonyl (C=O) groups excluding carboxylic acids is 1. The van der Waals surface area contributed by atoms with Gasteiger partial charge in [0, 0.05) is 17.5 Å². The molecule has 1 aromatic heterocycles. The van der Waals surface area contributed by atoms with E-state index in [2.05, 4.69) is 10.2 Å². The van der Waals surface area contributed by atoms with Gasteiger partial charge in [0.05, 0.1) is 0 Å². The Balaban J connectivity index is 1.70. The van der Waals surface area contributed by atoms with Gasteiger partial charge >= 0.3 is 0 Å². The quantitative estimate of drug-likeness (QED) is 0.626. The van der Waals surface area contributed by atoms with E-state index >= 15 is 0 Å². The van der Waals surface area contributed by atoms with Crippen LogP contribution in [-0.4, -0.2) is 16.0 Å². The molecule has 0 radical (unpaired) electrons. The molecule has 1 atom stereocenters. The lowest BCUT2D eigenvalue weighted by atomic mass is 10.1. The topological polar surface area (TPSA) is 65.2 Å². The van der Waals surface area contributed by atoms with E-state index in [0.717, 1.165) is 5.56 Å². The Hall–Kier alpha value is -2.95. The van der Waals surface area contributed by atoms with Crippen LogP contribution in [0.2, 0.25) is 0 Å². The molecule has 5 heteroatoms. The first-order valence-corrected chi connectivity index (χ1v) is 7.86. The Kier molecular flexibility index (Phi) is 4.70. The lowest BCUT2D eigenvalue weighted by molar-refractivity contribution is 0.0988. The number of carbonyl (C=O) groups is 1. The van der Waals surface area contributed by atoms with Gasteiger partial charge in [0.1, 0.15) is 5.75 Å². The monoisotopic (exact) mass is 322 g/mol. The van der Waals surface area contributed by atoms with Crippen LogP contribution in [0.4, 0.5) is 0 Å². The van der Waals surface area contributed by atoms with Crippen molar-refractivity contribution in [3.63, 3.8) is 0 Å². The fraction of sp³-hybridized carbons (Fsp3) is 0.211. The molecule has 0 aliphatic carbocycles. The zero-order chi connectivity index (χ0) is 16.9. The summed E-state index contributed by atoms with van der Waals surface area (Å²) in [5, 5.41) is 8.11. The highest BCUT2D eigenvalue weighted by Gasteiger charge is 2.16. The van der Waals surface area contributed by atoms with Crippen molar-refractivity contribution in [3.8, 4) is 17.2 Å². The van der Waals surface area contributed by atoms with E-state index in [9.17, 15) is 4.79 Å². The zero-order valence-electron chi connectivity index (χ0n) is 13.6. The normalized spacial score (nSPS) is 11.9. The maximum absolute atomic E-state index is 11.6. The molecule has 0 fully saturated rings. The van der Waals surface area contributed by atoms with E-state index in [-0.39, 0.29) is 11.9 Å². The van der Waals surface area contributed by atoms with Gasteiger partial charge in [-0.25, -0.2) is 0 Å². The summed E-state index contributed by atoms with van der Waals surface area (Å²) in [5.41, 5.74) is 1.55. The Bertz CT molecular complexity index is 810. The largest absolute Gasteiger partial charge is 0.481 e. The second kappa shape index (κ2) is 7.08. The van der Waals surface area contributed by atoms with Crippen molar-refractivity contribution >= 4 is 5.78 Å². The molecular weight excluding hydrogens is 304 g/mol. The predicted octanol–water partition coefficient (Wildman–Crippen LogP) is 4.47. The summed E-state index contributed by atoms with van der Waals surface area (Å²) in [6.45, 7) is 3.68. The predicted molar refractivity (Wildman–Crippen MR) is 89.8 cm³/mol. The molecule has 122 valence electrons. The molecule has 0 aliphatic heterocycles. The summed E-state index contributed by atoms with van der Waals surface area (Å²) in [5.74, 6) is 1.63. The van der Waals surface area contributed by atoms with Crippen LogP contribution in [0.5, 0.6) is 5.75 Å². The third-order valence-electron chi connectivity index (χ3n) is 3.62. The fourth-order valence-corrected chi connectivity index (χ4v) is 2.27. The SMILES string of the molecule is CCC(=O)c1ccc(OC(C)c2nnc(-c3ccccc3)o2)cc1. The maximum Gasteiger partial charge on any atom is 0.257 e. The number of nitrogens with zero attached hydrogens (tertiary/aromatic N) is 2. The van der Waals surface area contributed by atoms with Gasteiger partial charge in [0.25, 0.3) is 5.89 Å². The van der Waals surface area contributed by atoms with Crippen molar-refractivity contribution in [2.24, 2.45) is 0 Å². The number of ketones is 1. The smallest absolute Gasteiger partial charge is 0.257 e. The Morgan fingerprint density at radius 2 is 1.79 bits per heavy atom. The van der Waals surface area contributed by atoms with Crippen LogP contribution in [0.3, 0.4) is 0 Å². The molecule has 0 aliphatic rings. The number of hydrogen-bond donors (Lipinski definition) is 0. The minimum Gasteiger partial charge on any atom is -0.481 e. The molecule has 5 nitrogen and oxygen atoms in total. The minimum atomic E-state index is -0.386. The number of rotatable bonds is 6. The van der Waals surface area contributed by atoms with Crippen molar-refractivity contribution in [1.29, 1.82) is 0 Å². The average molecular weight is 322 g/mol. The van der Waals surface area contributed by atoms with Gasteiger partial charge in [-0.3, -0.25) is 4.79 Å². The van der Waals surface area contributed by atoms with Crippen LogP contribution in [0.25, 0.3) is 11.5 Å². The van der Waals surface area contributed by atoms with E-state index in [1.54, 1.807) is 24.3 Å². The number of ether oxygens (including phenoxy) is 1. The number of hydrogen-bond acceptors (Lipinski definition) is 5. The maximum atomic E-state index is 11.6. The second-order valence-corrected chi connectivity index (χ2v) is 5.37. The molecule has 0 saturated heterocycles. The summed E-state index contributed by atoms with van der Waals surface area (Å²) in [4.78, 5) is 11.6. The van der Waals surface area contributed by atoms with Crippen LogP contribution >= 0.6 is 0 Å². The first-order chi connectivity index (χ1) is 11.7. The van der Waals surface area contributed by atoms with E-state index in [1.165, 1.54) is 0 Å². The van der Waals surface area contributed by atoms with Crippen LogP contribution in [0, 0.1) is 0 Å². The van der Waals surface area contributed by atoms with Gasteiger partial charge in [-0.05, 0) is 43.3 Å². The average Bonchev–Trinajstić information content (AvgIpc) is 3.13. The van der Waals surface area contributed by atoms with Gasteiger partial charge in [0.15, 0.2) is 11.9 Å². The Morgan fingerprint density at radius 3 is 2.46 bits per heavy atom. The first kappa shape index (κ1) is 15.9. The molecule has 1 unspecified atom stereocenters. The molecule has 1 heterocycles. The van der Waals surface area contributed by atoms with Crippen LogP contribution < -0.4 is 4.74 Å². The molecule has 0 spiro atoms. The van der Waals surface area contributed by atoms with E-state index in [1.807, 2.05) is 44.2 Å². The number of aromatic nitrogens is 2. The van der Waals surface area contributed by atoms with Crippen LogP contribution in [-0.2, 0) is 0 Å². The van der Waals surface area contributed by atoms with Crippen LogP contribution in [0.15, 0.2) is 59.0 Å². The Labute approximate surface area is 140 Å². The van der Waals surface area contributed by atoms with Crippen molar-refractivity contribution in [2.45, 2.75) is 26.4 Å². The van der Waals surface area contributed by atoms with E-state index in [4.69, 9.17) is 9.15 Å². The minimum absolute atomic E-state index is 0.110. The molecule has 0 amide bonds. The highest BCUT2D eigenvalue weighted by atomic mass is 16.5. The van der Waals surface area contributed by atoms with Gasteiger partial charge in [0.2, 0.25) is 5.89 Å². The highest BCUT2D eigenvalue weighted by Crippen LogP contribution is 2.24. The molecule has 3 aromatic rings. The second-order valence-electron chi connectivity index (χ2n) is 5.37. The van der Waals surface area contributed by atoms with Gasteiger partial charge < -0.3 is 9.15 Å². The standard InChI is InChI=1S/C19H18N2O3/c1-3-17(22)14-9-11-16(12-10-14)23-13(2)18-20-21-19(24-18)15-7-5-4-6-8-15/h4-13H,3H2,1-2H3. The number of benzene rings is 2. The number of Topliss-reactive ketones (excluding diaryl/α,β-unsaturated/α-hetero) is 1. The fourth-order valence-electron chi connectivity index (χ4n) is 2.27. The van der Waals surface area contributed by atoms with Crippen LogP contribution in [0.1, 0.15) is 42.6 Å². The summed E-state index contributed by atoms with van der Waals surface area (Å²) < 4.78 is 11.5. The molecule has 3 rings (SSSR count). The molecule has 24 heavy (non-hydrogen) atoms. The van der Waals surface area contributed by atoms with Crippen molar-refractivity contribution in [1.82, 2.24) is 10.2 Å². The zero-order valence-corrected chi connectivity index (χ0v) is 13.6. The van der Waals surface area contributed by atoms with Gasteiger partial charge in [-0.1, -0.05) is 25.1 Å². The summed E-state index contributed by atoms with van der Waals surface area (Å²) in [6, 6.07) is 16.6. The Morgan fingerprint density at radius 1 is 1.08 bits per heavy atom. The molecule has 0 bridgehead atoms. The highest BCUT2D eigenvalue weighted by molar-refractivity contribution is 5.95. The summed E-state index contributed by atoms with van der Waals surface area (Å²) >= 11 is 0. The lowest BCUT2D eigenvalue weighted by Gasteiger charge is -2.11. The third kappa shape index (κ3) is 3.51. The summed E-state index contributed by atoms with van der Waals surface area (Å²) in [7, 11) is 0. The van der Waals surface area contributed by atoms with Crippen molar-refractivity contribution in [2.75, 3.05) is 0 Å². The van der Waals surface area contributed by atoms with E-state index in [0.29, 0.717) is 29.5 Å².